The first-order valence-corrected chi connectivity index (χ1v) is 8.18. The van der Waals surface area contributed by atoms with Gasteiger partial charge in [0, 0.05) is 30.6 Å². The summed E-state index contributed by atoms with van der Waals surface area (Å²) in [6, 6.07) is 1.82. The van der Waals surface area contributed by atoms with Crippen LogP contribution in [0.15, 0.2) is 0 Å². The van der Waals surface area contributed by atoms with Gasteiger partial charge >= 0.3 is 0 Å². The highest BCUT2D eigenvalue weighted by molar-refractivity contribution is 5.83. The Labute approximate surface area is 117 Å². The molecule has 2 atom stereocenters. The van der Waals surface area contributed by atoms with Crippen molar-refractivity contribution < 1.29 is 4.79 Å². The molecule has 0 spiro atoms. The van der Waals surface area contributed by atoms with Gasteiger partial charge in [0.25, 0.3) is 0 Å². The Morgan fingerprint density at radius 2 is 1.79 bits per heavy atom. The molecule has 3 heteroatoms. The molecule has 0 radical (unpaired) electrons. The van der Waals surface area contributed by atoms with Crippen LogP contribution in [0.25, 0.3) is 0 Å². The highest BCUT2D eigenvalue weighted by Gasteiger charge is 2.44. The minimum atomic E-state index is -0.0152. The van der Waals surface area contributed by atoms with Crippen LogP contribution in [0.2, 0.25) is 0 Å². The third-order valence-electron chi connectivity index (χ3n) is 6.01. The highest BCUT2D eigenvalue weighted by Crippen LogP contribution is 2.43. The number of piperidine rings is 1. The Kier molecular flexibility index (Phi) is 3.59. The summed E-state index contributed by atoms with van der Waals surface area (Å²) < 4.78 is 0. The van der Waals surface area contributed by atoms with Gasteiger partial charge in [-0.05, 0) is 44.9 Å². The van der Waals surface area contributed by atoms with Gasteiger partial charge in [0.1, 0.15) is 0 Å². The zero-order chi connectivity index (χ0) is 13.5. The number of hydrogen-bond donors (Lipinski definition) is 1. The Hall–Kier alpha value is -0.570. The summed E-state index contributed by atoms with van der Waals surface area (Å²) in [4.78, 5) is 15.1. The minimum Gasteiger partial charge on any atom is -0.342 e. The predicted octanol–water partition coefficient (Wildman–Crippen LogP) is 2.70. The molecule has 0 aromatic carbocycles. The van der Waals surface area contributed by atoms with E-state index >= 15 is 0 Å². The fourth-order valence-corrected chi connectivity index (χ4v) is 4.65. The molecule has 1 amide bonds. The molecule has 2 aliphatic heterocycles. The van der Waals surface area contributed by atoms with Crippen LogP contribution in [-0.4, -0.2) is 36.0 Å². The largest absolute Gasteiger partial charge is 0.342 e. The van der Waals surface area contributed by atoms with Crippen LogP contribution in [0, 0.1) is 5.41 Å². The molecule has 2 saturated heterocycles. The van der Waals surface area contributed by atoms with Crippen molar-refractivity contribution in [2.75, 3.05) is 7.05 Å². The molecule has 3 rings (SSSR count). The number of carbonyl (C=O) groups excluding carboxylic acids is 1. The first-order chi connectivity index (χ1) is 9.14. The van der Waals surface area contributed by atoms with Gasteiger partial charge in [0.05, 0.1) is 0 Å². The summed E-state index contributed by atoms with van der Waals surface area (Å²) in [5.74, 6) is 0.443. The molecule has 2 heterocycles. The summed E-state index contributed by atoms with van der Waals surface area (Å²) in [6.07, 6.45) is 10.7. The van der Waals surface area contributed by atoms with Crippen molar-refractivity contribution in [2.24, 2.45) is 5.41 Å². The maximum Gasteiger partial charge on any atom is 0.228 e. The monoisotopic (exact) mass is 264 g/mol. The van der Waals surface area contributed by atoms with E-state index in [9.17, 15) is 4.79 Å². The van der Waals surface area contributed by atoms with Gasteiger partial charge < -0.3 is 10.2 Å². The molecule has 1 saturated carbocycles. The lowest BCUT2D eigenvalue weighted by Crippen LogP contribution is -2.52. The third-order valence-corrected chi connectivity index (χ3v) is 6.01. The number of fused-ring (bicyclic) bond motifs is 2. The van der Waals surface area contributed by atoms with E-state index < -0.39 is 0 Å². The van der Waals surface area contributed by atoms with Crippen LogP contribution >= 0.6 is 0 Å². The fraction of sp³-hybridized carbons (Fsp3) is 0.938. The highest BCUT2D eigenvalue weighted by atomic mass is 16.2. The Morgan fingerprint density at radius 1 is 1.21 bits per heavy atom. The van der Waals surface area contributed by atoms with Crippen LogP contribution < -0.4 is 5.32 Å². The molecule has 2 unspecified atom stereocenters. The topological polar surface area (TPSA) is 32.3 Å². The molecule has 19 heavy (non-hydrogen) atoms. The number of nitrogens with zero attached hydrogens (tertiary/aromatic N) is 1. The summed E-state index contributed by atoms with van der Waals surface area (Å²) in [5.41, 5.74) is -0.0152. The van der Waals surface area contributed by atoms with Gasteiger partial charge in [-0.3, -0.25) is 4.79 Å². The van der Waals surface area contributed by atoms with Crippen molar-refractivity contribution in [2.45, 2.75) is 82.8 Å². The molecular formula is C16H28N2O. The fourth-order valence-electron chi connectivity index (χ4n) is 4.65. The lowest BCUT2D eigenvalue weighted by molar-refractivity contribution is -0.143. The number of hydrogen-bond acceptors (Lipinski definition) is 2. The van der Waals surface area contributed by atoms with Crippen LogP contribution in [0.3, 0.4) is 0 Å². The van der Waals surface area contributed by atoms with Crippen molar-refractivity contribution >= 4 is 5.91 Å². The lowest BCUT2D eigenvalue weighted by atomic mass is 9.81. The van der Waals surface area contributed by atoms with E-state index in [-0.39, 0.29) is 5.41 Å². The van der Waals surface area contributed by atoms with Crippen LogP contribution in [0.4, 0.5) is 0 Å². The minimum absolute atomic E-state index is 0.0152. The molecule has 0 aromatic heterocycles. The standard InChI is InChI=1S/C16H28N2O/c1-3-16(8-4-5-9-16)15(19)18(2)14-10-12-6-7-13(11-14)17-12/h12-14,17H,3-11H2,1-2H3. The third kappa shape index (κ3) is 2.31. The Bertz CT molecular complexity index is 337. The van der Waals surface area contributed by atoms with E-state index in [2.05, 4.69) is 24.2 Å². The lowest BCUT2D eigenvalue weighted by Gasteiger charge is -2.40. The van der Waals surface area contributed by atoms with Gasteiger partial charge in [-0.2, -0.15) is 0 Å². The van der Waals surface area contributed by atoms with E-state index in [0.29, 0.717) is 24.0 Å². The molecular weight excluding hydrogens is 236 g/mol. The van der Waals surface area contributed by atoms with E-state index in [0.717, 1.165) is 19.3 Å². The average Bonchev–Trinajstić information content (AvgIpc) is 3.04. The summed E-state index contributed by atoms with van der Waals surface area (Å²) in [6.45, 7) is 2.20. The SMILES string of the molecule is CCC1(C(=O)N(C)C2CC3CCC(C2)N3)CCCC1. The van der Waals surface area contributed by atoms with Crippen molar-refractivity contribution in [1.29, 1.82) is 0 Å². The molecule has 1 aliphatic carbocycles. The number of carbonyl (C=O) groups is 1. The second kappa shape index (κ2) is 5.08. The first-order valence-electron chi connectivity index (χ1n) is 8.18. The van der Waals surface area contributed by atoms with Crippen LogP contribution in [0.5, 0.6) is 0 Å². The van der Waals surface area contributed by atoms with Crippen molar-refractivity contribution in [3.63, 3.8) is 0 Å². The normalized spacial score (nSPS) is 36.4. The molecule has 3 aliphatic rings. The second-order valence-electron chi connectivity index (χ2n) is 7.02. The predicted molar refractivity (Wildman–Crippen MR) is 76.9 cm³/mol. The van der Waals surface area contributed by atoms with Gasteiger partial charge in [0.2, 0.25) is 5.91 Å². The molecule has 0 aromatic rings. The molecule has 3 fully saturated rings. The first kappa shape index (κ1) is 13.4. The summed E-state index contributed by atoms with van der Waals surface area (Å²) >= 11 is 0. The quantitative estimate of drug-likeness (QED) is 0.850. The Balaban J connectivity index is 1.69. The Morgan fingerprint density at radius 3 is 2.32 bits per heavy atom. The van der Waals surface area contributed by atoms with E-state index in [1.54, 1.807) is 0 Å². The van der Waals surface area contributed by atoms with E-state index in [1.807, 2.05) is 0 Å². The van der Waals surface area contributed by atoms with Gasteiger partial charge in [-0.15, -0.1) is 0 Å². The van der Waals surface area contributed by atoms with Gasteiger partial charge in [-0.1, -0.05) is 19.8 Å². The van der Waals surface area contributed by atoms with E-state index in [1.165, 1.54) is 38.5 Å². The van der Waals surface area contributed by atoms with Gasteiger partial charge in [-0.25, -0.2) is 0 Å². The summed E-state index contributed by atoms with van der Waals surface area (Å²) in [7, 11) is 2.06. The molecule has 108 valence electrons. The smallest absolute Gasteiger partial charge is 0.228 e. The molecule has 1 N–H and O–H groups in total. The zero-order valence-corrected chi connectivity index (χ0v) is 12.5. The number of amides is 1. The maximum atomic E-state index is 12.9. The van der Waals surface area contributed by atoms with Crippen molar-refractivity contribution in [3.8, 4) is 0 Å². The van der Waals surface area contributed by atoms with Crippen LogP contribution in [0.1, 0.15) is 64.7 Å². The second-order valence-corrected chi connectivity index (χ2v) is 7.02. The van der Waals surface area contributed by atoms with E-state index in [4.69, 9.17) is 0 Å². The van der Waals surface area contributed by atoms with Crippen molar-refractivity contribution in [1.82, 2.24) is 10.2 Å². The number of rotatable bonds is 3. The molecule has 2 bridgehead atoms. The molecule has 3 nitrogen and oxygen atoms in total. The number of nitrogens with one attached hydrogen (secondary N) is 1. The summed E-state index contributed by atoms with van der Waals surface area (Å²) in [5, 5.41) is 3.67. The average molecular weight is 264 g/mol. The van der Waals surface area contributed by atoms with Crippen LogP contribution in [-0.2, 0) is 4.79 Å². The zero-order valence-electron chi connectivity index (χ0n) is 12.5. The van der Waals surface area contributed by atoms with Gasteiger partial charge in [0.15, 0.2) is 0 Å². The maximum absolute atomic E-state index is 12.9. The van der Waals surface area contributed by atoms with Crippen molar-refractivity contribution in [3.05, 3.63) is 0 Å².